The molecule has 0 aliphatic rings. The van der Waals surface area contributed by atoms with Crippen LogP contribution >= 0.6 is 0 Å². The summed E-state index contributed by atoms with van der Waals surface area (Å²) in [6, 6.07) is 6.46. The molecule has 0 radical (unpaired) electrons. The van der Waals surface area contributed by atoms with E-state index in [4.69, 9.17) is 0 Å². The first kappa shape index (κ1) is 17.5. The Hall–Kier alpha value is -2.90. The van der Waals surface area contributed by atoms with Crippen LogP contribution in [0.2, 0.25) is 0 Å². The summed E-state index contributed by atoms with van der Waals surface area (Å²) in [4.78, 5) is 22.6. The van der Waals surface area contributed by atoms with Crippen molar-refractivity contribution in [3.05, 3.63) is 52.3 Å². The van der Waals surface area contributed by atoms with Gasteiger partial charge in [-0.1, -0.05) is 6.07 Å². The molecule has 0 saturated heterocycles. The van der Waals surface area contributed by atoms with E-state index in [0.717, 1.165) is 5.56 Å². The standard InChI is InChI=1S/C16H21N5O3/c1-12-5-6-14(15(11-12)21(23)24)17-7-3-8-18-16(22)13(2)20-10-4-9-19-20/h4-6,9-11,13,17H,3,7-8H2,1-2H3,(H,18,22). The minimum atomic E-state index is -0.400. The molecule has 0 fully saturated rings. The zero-order valence-corrected chi connectivity index (χ0v) is 13.7. The molecule has 1 aromatic carbocycles. The monoisotopic (exact) mass is 331 g/mol. The van der Waals surface area contributed by atoms with Gasteiger partial charge < -0.3 is 10.6 Å². The average molecular weight is 331 g/mol. The van der Waals surface area contributed by atoms with Crippen molar-refractivity contribution in [1.82, 2.24) is 15.1 Å². The number of carbonyl (C=O) groups excluding carboxylic acids is 1. The molecule has 2 N–H and O–H groups in total. The molecule has 0 aliphatic carbocycles. The number of benzene rings is 1. The fraction of sp³-hybridized carbons (Fsp3) is 0.375. The van der Waals surface area contributed by atoms with Crippen molar-refractivity contribution in [3.63, 3.8) is 0 Å². The molecule has 128 valence electrons. The normalized spacial score (nSPS) is 11.8. The van der Waals surface area contributed by atoms with Gasteiger partial charge in [-0.05, 0) is 38.0 Å². The van der Waals surface area contributed by atoms with Crippen molar-refractivity contribution in [2.75, 3.05) is 18.4 Å². The lowest BCUT2D eigenvalue weighted by atomic mass is 10.2. The fourth-order valence-electron chi connectivity index (χ4n) is 2.24. The number of aryl methyl sites for hydroxylation is 1. The number of anilines is 1. The van der Waals surface area contributed by atoms with Crippen LogP contribution in [-0.2, 0) is 4.79 Å². The molecule has 8 nitrogen and oxygen atoms in total. The molecule has 1 unspecified atom stereocenters. The molecule has 24 heavy (non-hydrogen) atoms. The number of nitrogens with zero attached hydrogens (tertiary/aromatic N) is 3. The van der Waals surface area contributed by atoms with Gasteiger partial charge in [-0.3, -0.25) is 19.6 Å². The Morgan fingerprint density at radius 2 is 2.21 bits per heavy atom. The molecule has 1 aromatic heterocycles. The van der Waals surface area contributed by atoms with Gasteiger partial charge in [-0.15, -0.1) is 0 Å². The summed E-state index contributed by atoms with van der Waals surface area (Å²) in [5.74, 6) is -0.111. The molecule has 1 heterocycles. The van der Waals surface area contributed by atoms with Gasteiger partial charge in [0.2, 0.25) is 5.91 Å². The van der Waals surface area contributed by atoms with Gasteiger partial charge in [0.1, 0.15) is 11.7 Å². The Balaban J connectivity index is 1.76. The summed E-state index contributed by atoms with van der Waals surface area (Å²) < 4.78 is 1.59. The van der Waals surface area contributed by atoms with E-state index in [1.807, 2.05) is 13.0 Å². The second kappa shape index (κ2) is 8.09. The molecular weight excluding hydrogens is 310 g/mol. The Bertz CT molecular complexity index is 700. The van der Waals surface area contributed by atoms with E-state index >= 15 is 0 Å². The first-order valence-electron chi connectivity index (χ1n) is 7.75. The zero-order chi connectivity index (χ0) is 17.5. The van der Waals surface area contributed by atoms with Crippen molar-refractivity contribution in [1.29, 1.82) is 0 Å². The van der Waals surface area contributed by atoms with Crippen LogP contribution < -0.4 is 10.6 Å². The lowest BCUT2D eigenvalue weighted by Gasteiger charge is -2.13. The van der Waals surface area contributed by atoms with Gasteiger partial charge in [-0.2, -0.15) is 5.10 Å². The summed E-state index contributed by atoms with van der Waals surface area (Å²) >= 11 is 0. The van der Waals surface area contributed by atoms with Crippen LogP contribution in [0.15, 0.2) is 36.7 Å². The molecule has 8 heteroatoms. The van der Waals surface area contributed by atoms with Crippen LogP contribution in [0.25, 0.3) is 0 Å². The maximum atomic E-state index is 12.0. The molecule has 1 atom stereocenters. The van der Waals surface area contributed by atoms with Gasteiger partial charge in [0, 0.05) is 31.5 Å². The molecule has 0 bridgehead atoms. The highest BCUT2D eigenvalue weighted by molar-refractivity contribution is 5.79. The van der Waals surface area contributed by atoms with Crippen molar-refractivity contribution in [2.24, 2.45) is 0 Å². The van der Waals surface area contributed by atoms with Crippen molar-refractivity contribution in [2.45, 2.75) is 26.3 Å². The van der Waals surface area contributed by atoms with Gasteiger partial charge in [-0.25, -0.2) is 0 Å². The summed E-state index contributed by atoms with van der Waals surface area (Å²) in [5.41, 5.74) is 1.39. The maximum Gasteiger partial charge on any atom is 0.292 e. The summed E-state index contributed by atoms with van der Waals surface area (Å²) in [7, 11) is 0. The highest BCUT2D eigenvalue weighted by atomic mass is 16.6. The number of hydrogen-bond acceptors (Lipinski definition) is 5. The molecule has 2 aromatic rings. The van der Waals surface area contributed by atoms with E-state index in [1.54, 1.807) is 36.1 Å². The van der Waals surface area contributed by atoms with Crippen LogP contribution in [0.1, 0.15) is 24.9 Å². The van der Waals surface area contributed by atoms with Gasteiger partial charge >= 0.3 is 0 Å². The van der Waals surface area contributed by atoms with Crippen molar-refractivity contribution < 1.29 is 9.72 Å². The Kier molecular flexibility index (Phi) is 5.89. The fourth-order valence-corrected chi connectivity index (χ4v) is 2.24. The third-order valence-corrected chi connectivity index (χ3v) is 3.62. The topological polar surface area (TPSA) is 102 Å². The predicted molar refractivity (Wildman–Crippen MR) is 90.9 cm³/mol. The van der Waals surface area contributed by atoms with Gasteiger partial charge in [0.05, 0.1) is 4.92 Å². The number of carbonyl (C=O) groups is 1. The number of hydrogen-bond donors (Lipinski definition) is 2. The third kappa shape index (κ3) is 4.55. The Labute approximate surface area is 140 Å². The number of nitro groups is 1. The average Bonchev–Trinajstić information content (AvgIpc) is 3.09. The van der Waals surface area contributed by atoms with E-state index in [-0.39, 0.29) is 17.6 Å². The summed E-state index contributed by atoms with van der Waals surface area (Å²) in [6.45, 7) is 4.60. The predicted octanol–water partition coefficient (Wildman–Crippen LogP) is 2.28. The minimum Gasteiger partial charge on any atom is -0.379 e. The second-order valence-corrected chi connectivity index (χ2v) is 5.51. The quantitative estimate of drug-likeness (QED) is 0.439. The van der Waals surface area contributed by atoms with E-state index in [9.17, 15) is 14.9 Å². The van der Waals surface area contributed by atoms with Crippen LogP contribution in [0.4, 0.5) is 11.4 Å². The largest absolute Gasteiger partial charge is 0.379 e. The van der Waals surface area contributed by atoms with E-state index in [1.165, 1.54) is 6.07 Å². The van der Waals surface area contributed by atoms with Gasteiger partial charge in [0.15, 0.2) is 0 Å². The maximum absolute atomic E-state index is 12.0. The van der Waals surface area contributed by atoms with E-state index in [2.05, 4.69) is 15.7 Å². The van der Waals surface area contributed by atoms with Gasteiger partial charge in [0.25, 0.3) is 5.69 Å². The van der Waals surface area contributed by atoms with E-state index < -0.39 is 4.92 Å². The Morgan fingerprint density at radius 1 is 1.42 bits per heavy atom. The van der Waals surface area contributed by atoms with Crippen LogP contribution in [0, 0.1) is 17.0 Å². The highest BCUT2D eigenvalue weighted by Crippen LogP contribution is 2.25. The molecule has 2 rings (SSSR count). The molecule has 0 saturated carbocycles. The summed E-state index contributed by atoms with van der Waals surface area (Å²) in [5, 5.41) is 20.9. The number of nitro benzene ring substituents is 1. The number of amides is 1. The molecule has 0 spiro atoms. The number of aromatic nitrogens is 2. The first-order valence-corrected chi connectivity index (χ1v) is 7.75. The minimum absolute atomic E-state index is 0.0614. The zero-order valence-electron chi connectivity index (χ0n) is 13.7. The van der Waals surface area contributed by atoms with Crippen LogP contribution in [-0.4, -0.2) is 33.7 Å². The molecule has 0 aliphatic heterocycles. The smallest absolute Gasteiger partial charge is 0.292 e. The second-order valence-electron chi connectivity index (χ2n) is 5.51. The SMILES string of the molecule is Cc1ccc(NCCCNC(=O)C(C)n2cccn2)c([N+](=O)[O-])c1. The molecular formula is C16H21N5O3. The summed E-state index contributed by atoms with van der Waals surface area (Å²) in [6.07, 6.45) is 4.02. The number of rotatable bonds is 8. The number of nitrogens with one attached hydrogen (secondary N) is 2. The molecule has 1 amide bonds. The lowest BCUT2D eigenvalue weighted by molar-refractivity contribution is -0.384. The highest BCUT2D eigenvalue weighted by Gasteiger charge is 2.15. The third-order valence-electron chi connectivity index (χ3n) is 3.62. The van der Waals surface area contributed by atoms with Crippen molar-refractivity contribution in [3.8, 4) is 0 Å². The van der Waals surface area contributed by atoms with Crippen LogP contribution in [0.3, 0.4) is 0 Å². The van der Waals surface area contributed by atoms with Crippen LogP contribution in [0.5, 0.6) is 0 Å². The Morgan fingerprint density at radius 3 is 2.88 bits per heavy atom. The van der Waals surface area contributed by atoms with E-state index in [0.29, 0.717) is 25.2 Å². The first-order chi connectivity index (χ1) is 11.5. The lowest BCUT2D eigenvalue weighted by Crippen LogP contribution is -2.32. The van der Waals surface area contributed by atoms with Crippen molar-refractivity contribution >= 4 is 17.3 Å².